The normalized spacial score (nSPS) is 11.1. The third kappa shape index (κ3) is 4.85. The van der Waals surface area contributed by atoms with Crippen LogP contribution in [0.15, 0.2) is 36.4 Å². The van der Waals surface area contributed by atoms with E-state index in [0.717, 1.165) is 12.1 Å². The second-order valence-electron chi connectivity index (χ2n) is 5.35. The quantitative estimate of drug-likeness (QED) is 0.579. The predicted molar refractivity (Wildman–Crippen MR) is 91.4 cm³/mol. The Labute approximate surface area is 151 Å². The molecule has 0 saturated carbocycles. The molecule has 2 aromatic rings. The molecule has 0 heterocycles. The molecule has 2 N–H and O–H groups in total. The lowest BCUT2D eigenvalue weighted by atomic mass is 10.1. The lowest BCUT2D eigenvalue weighted by Crippen LogP contribution is -2.23. The highest BCUT2D eigenvalue weighted by atomic mass is 35.5. The highest BCUT2D eigenvalue weighted by Gasteiger charge is 2.34. The van der Waals surface area contributed by atoms with Gasteiger partial charge in [-0.15, -0.1) is 0 Å². The number of anilines is 2. The first-order chi connectivity index (χ1) is 12.1. The van der Waals surface area contributed by atoms with Crippen LogP contribution in [-0.4, -0.2) is 17.4 Å². The number of rotatable bonds is 5. The molecule has 0 unspecified atom stereocenters. The third-order valence-electron chi connectivity index (χ3n) is 3.43. The Balaban J connectivity index is 2.11. The molecule has 2 rings (SSSR count). The number of aryl methyl sites for hydroxylation is 1. The maximum Gasteiger partial charge on any atom is 0.418 e. The number of nitro benzene ring substituents is 1. The number of carbonyl (C=O) groups excluding carboxylic acids is 1. The van der Waals surface area contributed by atoms with E-state index < -0.39 is 28.3 Å². The molecule has 0 radical (unpaired) electrons. The second kappa shape index (κ2) is 7.61. The Kier molecular flexibility index (Phi) is 5.71. The SMILES string of the molecule is Cc1ccc([N+](=O)[O-])cc1NCC(=O)Nc1ccc(Cl)cc1C(F)(F)F. The van der Waals surface area contributed by atoms with Crippen molar-refractivity contribution in [1.29, 1.82) is 0 Å². The Morgan fingerprint density at radius 2 is 1.88 bits per heavy atom. The van der Waals surface area contributed by atoms with Crippen molar-refractivity contribution in [2.24, 2.45) is 0 Å². The minimum absolute atomic E-state index is 0.110. The fourth-order valence-electron chi connectivity index (χ4n) is 2.14. The van der Waals surface area contributed by atoms with Gasteiger partial charge in [0.2, 0.25) is 5.91 Å². The van der Waals surface area contributed by atoms with Crippen LogP contribution in [0.4, 0.5) is 30.2 Å². The van der Waals surface area contributed by atoms with Gasteiger partial charge in [0.05, 0.1) is 22.7 Å². The fraction of sp³-hybridized carbons (Fsp3) is 0.188. The van der Waals surface area contributed by atoms with E-state index in [0.29, 0.717) is 11.3 Å². The van der Waals surface area contributed by atoms with Crippen LogP contribution in [0.2, 0.25) is 5.02 Å². The number of hydrogen-bond acceptors (Lipinski definition) is 4. The Bertz CT molecular complexity index is 856. The molecular formula is C16H13ClF3N3O3. The average molecular weight is 388 g/mol. The molecule has 0 aromatic heterocycles. The summed E-state index contributed by atoms with van der Waals surface area (Å²) >= 11 is 5.58. The van der Waals surface area contributed by atoms with Crippen LogP contribution in [0.5, 0.6) is 0 Å². The number of non-ortho nitro benzene ring substituents is 1. The number of nitrogens with zero attached hydrogens (tertiary/aromatic N) is 1. The zero-order chi connectivity index (χ0) is 19.5. The van der Waals surface area contributed by atoms with Crippen LogP contribution in [0.1, 0.15) is 11.1 Å². The van der Waals surface area contributed by atoms with Gasteiger partial charge in [0, 0.05) is 22.8 Å². The van der Waals surface area contributed by atoms with Gasteiger partial charge in [0.1, 0.15) is 0 Å². The van der Waals surface area contributed by atoms with Gasteiger partial charge in [-0.2, -0.15) is 13.2 Å². The van der Waals surface area contributed by atoms with Crippen molar-refractivity contribution in [3.05, 3.63) is 62.7 Å². The standard InChI is InChI=1S/C16H13ClF3N3O3/c1-9-2-4-11(23(25)26)7-14(9)21-8-15(24)22-13-5-3-10(17)6-12(13)16(18,19)20/h2-7,21H,8H2,1H3,(H,22,24). The van der Waals surface area contributed by atoms with Crippen LogP contribution in [0, 0.1) is 17.0 Å². The van der Waals surface area contributed by atoms with Crippen molar-refractivity contribution in [3.63, 3.8) is 0 Å². The van der Waals surface area contributed by atoms with E-state index in [1.807, 2.05) is 0 Å². The molecule has 0 bridgehead atoms. The Morgan fingerprint density at radius 3 is 2.50 bits per heavy atom. The maximum absolute atomic E-state index is 13.0. The van der Waals surface area contributed by atoms with Crippen molar-refractivity contribution >= 4 is 34.6 Å². The van der Waals surface area contributed by atoms with E-state index in [1.165, 1.54) is 24.3 Å². The fourth-order valence-corrected chi connectivity index (χ4v) is 2.32. The van der Waals surface area contributed by atoms with Gasteiger partial charge < -0.3 is 10.6 Å². The van der Waals surface area contributed by atoms with E-state index in [2.05, 4.69) is 10.6 Å². The number of benzene rings is 2. The smallest absolute Gasteiger partial charge is 0.376 e. The summed E-state index contributed by atoms with van der Waals surface area (Å²) in [5.74, 6) is -0.747. The Morgan fingerprint density at radius 1 is 1.19 bits per heavy atom. The second-order valence-corrected chi connectivity index (χ2v) is 5.78. The van der Waals surface area contributed by atoms with Gasteiger partial charge in [-0.25, -0.2) is 0 Å². The van der Waals surface area contributed by atoms with E-state index >= 15 is 0 Å². The lowest BCUT2D eigenvalue weighted by molar-refractivity contribution is -0.384. The summed E-state index contributed by atoms with van der Waals surface area (Å²) in [5.41, 5.74) is -0.683. The zero-order valence-electron chi connectivity index (χ0n) is 13.4. The third-order valence-corrected chi connectivity index (χ3v) is 3.67. The predicted octanol–water partition coefficient (Wildman–Crippen LogP) is 4.63. The monoisotopic (exact) mass is 387 g/mol. The molecule has 26 heavy (non-hydrogen) atoms. The van der Waals surface area contributed by atoms with Gasteiger partial charge in [0.25, 0.3) is 5.69 Å². The number of nitrogens with one attached hydrogen (secondary N) is 2. The van der Waals surface area contributed by atoms with Gasteiger partial charge in [-0.05, 0) is 30.7 Å². The van der Waals surface area contributed by atoms with Gasteiger partial charge >= 0.3 is 6.18 Å². The molecule has 0 aliphatic rings. The van der Waals surface area contributed by atoms with Crippen LogP contribution < -0.4 is 10.6 Å². The van der Waals surface area contributed by atoms with Gasteiger partial charge in [-0.1, -0.05) is 17.7 Å². The van der Waals surface area contributed by atoms with E-state index in [1.54, 1.807) is 6.92 Å². The first-order valence-electron chi connectivity index (χ1n) is 7.23. The zero-order valence-corrected chi connectivity index (χ0v) is 14.1. The van der Waals surface area contributed by atoms with Crippen molar-refractivity contribution in [2.75, 3.05) is 17.2 Å². The lowest BCUT2D eigenvalue weighted by Gasteiger charge is -2.15. The number of alkyl halides is 3. The van der Waals surface area contributed by atoms with Crippen molar-refractivity contribution in [3.8, 4) is 0 Å². The highest BCUT2D eigenvalue weighted by molar-refractivity contribution is 6.30. The molecule has 6 nitrogen and oxygen atoms in total. The molecule has 0 fully saturated rings. The molecule has 2 aromatic carbocycles. The van der Waals surface area contributed by atoms with Crippen molar-refractivity contribution < 1.29 is 22.9 Å². The Hall–Kier alpha value is -2.81. The molecule has 0 saturated heterocycles. The molecule has 1 amide bonds. The van der Waals surface area contributed by atoms with Crippen molar-refractivity contribution in [2.45, 2.75) is 13.1 Å². The largest absolute Gasteiger partial charge is 0.418 e. The van der Waals surface area contributed by atoms with Crippen molar-refractivity contribution in [1.82, 2.24) is 0 Å². The summed E-state index contributed by atoms with van der Waals surface area (Å²) in [6.07, 6.45) is -4.68. The summed E-state index contributed by atoms with van der Waals surface area (Å²) in [7, 11) is 0. The van der Waals surface area contributed by atoms with Crippen LogP contribution >= 0.6 is 11.6 Å². The number of amides is 1. The molecule has 0 spiro atoms. The maximum atomic E-state index is 13.0. The molecule has 0 aliphatic carbocycles. The summed E-state index contributed by atoms with van der Waals surface area (Å²) in [6.45, 7) is 1.30. The highest BCUT2D eigenvalue weighted by Crippen LogP contribution is 2.36. The number of carbonyl (C=O) groups is 1. The molecule has 0 aliphatic heterocycles. The van der Waals surface area contributed by atoms with Gasteiger partial charge in [0.15, 0.2) is 0 Å². The molecule has 0 atom stereocenters. The van der Waals surface area contributed by atoms with Gasteiger partial charge in [-0.3, -0.25) is 14.9 Å². The first-order valence-corrected chi connectivity index (χ1v) is 7.61. The van der Waals surface area contributed by atoms with E-state index in [9.17, 15) is 28.1 Å². The minimum Gasteiger partial charge on any atom is -0.376 e. The van der Waals surface area contributed by atoms with Crippen LogP contribution in [0.3, 0.4) is 0 Å². The summed E-state index contributed by atoms with van der Waals surface area (Å²) < 4.78 is 39.0. The number of halogens is 4. The number of hydrogen-bond donors (Lipinski definition) is 2. The number of nitro groups is 1. The summed E-state index contributed by atoms with van der Waals surface area (Å²) in [5, 5.41) is 15.5. The topological polar surface area (TPSA) is 84.3 Å². The first kappa shape index (κ1) is 19.5. The van der Waals surface area contributed by atoms with Crippen LogP contribution in [-0.2, 0) is 11.0 Å². The summed E-state index contributed by atoms with van der Waals surface area (Å²) in [6, 6.07) is 7.05. The summed E-state index contributed by atoms with van der Waals surface area (Å²) in [4.78, 5) is 22.2. The van der Waals surface area contributed by atoms with E-state index in [4.69, 9.17) is 11.6 Å². The minimum atomic E-state index is -4.68. The van der Waals surface area contributed by atoms with Crippen LogP contribution in [0.25, 0.3) is 0 Å². The molecular weight excluding hydrogens is 375 g/mol. The van der Waals surface area contributed by atoms with E-state index in [-0.39, 0.29) is 17.3 Å². The molecule has 138 valence electrons. The average Bonchev–Trinajstić information content (AvgIpc) is 2.54. The molecule has 10 heteroatoms.